The quantitative estimate of drug-likeness (QED) is 0.732. The fraction of sp³-hybridized carbons (Fsp3) is 0.600. The molecule has 0 bridgehead atoms. The highest BCUT2D eigenvalue weighted by molar-refractivity contribution is 9.11. The Bertz CT molecular complexity index is 490. The highest BCUT2D eigenvalue weighted by atomic mass is 79.9. The molecule has 1 unspecified atom stereocenters. The van der Waals surface area contributed by atoms with Crippen LogP contribution >= 0.6 is 15.9 Å². The van der Waals surface area contributed by atoms with Gasteiger partial charge < -0.3 is 15.3 Å². The molecule has 19 heavy (non-hydrogen) atoms. The Morgan fingerprint density at radius 3 is 2.53 bits per heavy atom. The topological polar surface area (TPSA) is 104 Å². The van der Waals surface area contributed by atoms with Crippen LogP contribution in [-0.4, -0.2) is 61.1 Å². The van der Waals surface area contributed by atoms with Gasteiger partial charge in [0, 0.05) is 10.5 Å². The molecule has 9 heteroatoms. The number of rotatable bonds is 5. The molecule has 0 aromatic carbocycles. The van der Waals surface area contributed by atoms with Crippen LogP contribution in [0.25, 0.3) is 0 Å². The number of hydrogen-bond acceptors (Lipinski definition) is 4. The molecular formula is C10H15BrN2O5S. The number of carboxylic acid groups (broad SMARTS) is 1. The SMILES string of the molecule is C=C(Br)CNC(=O)N(CC(=O)O)C1CCS(=O)(=O)C1. The Labute approximate surface area is 119 Å². The molecular weight excluding hydrogens is 340 g/mol. The molecule has 1 rings (SSSR count). The van der Waals surface area contributed by atoms with Gasteiger partial charge in [-0.1, -0.05) is 22.5 Å². The lowest BCUT2D eigenvalue weighted by molar-refractivity contribution is -0.138. The van der Waals surface area contributed by atoms with Crippen molar-refractivity contribution in [1.82, 2.24) is 10.2 Å². The second kappa shape index (κ2) is 6.38. The zero-order valence-corrected chi connectivity index (χ0v) is 12.5. The molecule has 2 N–H and O–H groups in total. The van der Waals surface area contributed by atoms with Crippen molar-refractivity contribution in [2.45, 2.75) is 12.5 Å². The van der Waals surface area contributed by atoms with Gasteiger partial charge in [-0.2, -0.15) is 0 Å². The first-order chi connectivity index (χ1) is 8.71. The maximum absolute atomic E-state index is 11.9. The molecule has 108 valence electrons. The molecule has 1 aliphatic heterocycles. The molecule has 0 saturated carbocycles. The maximum Gasteiger partial charge on any atom is 0.323 e. The number of carbonyl (C=O) groups excluding carboxylic acids is 1. The van der Waals surface area contributed by atoms with E-state index in [1.165, 1.54) is 0 Å². The van der Waals surface area contributed by atoms with E-state index in [0.717, 1.165) is 4.90 Å². The van der Waals surface area contributed by atoms with Crippen LogP contribution in [0.4, 0.5) is 4.79 Å². The third-order valence-electron chi connectivity index (χ3n) is 2.65. The van der Waals surface area contributed by atoms with E-state index in [1.54, 1.807) is 0 Å². The molecule has 0 spiro atoms. The fourth-order valence-electron chi connectivity index (χ4n) is 1.81. The molecule has 1 fully saturated rings. The predicted molar refractivity (Wildman–Crippen MR) is 72.9 cm³/mol. The number of aliphatic carboxylic acids is 1. The first kappa shape index (κ1) is 16.0. The summed E-state index contributed by atoms with van der Waals surface area (Å²) in [6, 6.07) is -1.20. The number of sulfone groups is 1. The van der Waals surface area contributed by atoms with Gasteiger partial charge in [-0.15, -0.1) is 0 Å². The largest absolute Gasteiger partial charge is 0.480 e. The second-order valence-corrected chi connectivity index (χ2v) is 7.60. The van der Waals surface area contributed by atoms with Gasteiger partial charge in [0.2, 0.25) is 0 Å². The summed E-state index contributed by atoms with van der Waals surface area (Å²) in [6.07, 6.45) is 0.262. The molecule has 1 saturated heterocycles. The van der Waals surface area contributed by atoms with Crippen LogP contribution in [0.5, 0.6) is 0 Å². The van der Waals surface area contributed by atoms with Crippen molar-refractivity contribution < 1.29 is 23.1 Å². The first-order valence-corrected chi connectivity index (χ1v) is 8.12. The van der Waals surface area contributed by atoms with E-state index >= 15 is 0 Å². The molecule has 1 heterocycles. The van der Waals surface area contributed by atoms with Gasteiger partial charge in [-0.05, 0) is 6.42 Å². The molecule has 7 nitrogen and oxygen atoms in total. The summed E-state index contributed by atoms with van der Waals surface area (Å²) in [7, 11) is -3.18. The van der Waals surface area contributed by atoms with Crippen molar-refractivity contribution in [3.63, 3.8) is 0 Å². The third-order valence-corrected chi connectivity index (χ3v) is 4.68. The lowest BCUT2D eigenvalue weighted by Gasteiger charge is -2.26. The van der Waals surface area contributed by atoms with Gasteiger partial charge in [0.1, 0.15) is 6.54 Å². The molecule has 1 aliphatic rings. The summed E-state index contributed by atoms with van der Waals surface area (Å²) in [5, 5.41) is 11.3. The van der Waals surface area contributed by atoms with E-state index in [4.69, 9.17) is 5.11 Å². The van der Waals surface area contributed by atoms with Crippen LogP contribution in [0.2, 0.25) is 0 Å². The zero-order chi connectivity index (χ0) is 14.6. The highest BCUT2D eigenvalue weighted by Crippen LogP contribution is 2.17. The van der Waals surface area contributed by atoms with Crippen LogP contribution in [0.3, 0.4) is 0 Å². The Kier molecular flexibility index (Phi) is 5.36. The number of nitrogens with zero attached hydrogens (tertiary/aromatic N) is 1. The number of carbonyl (C=O) groups is 2. The summed E-state index contributed by atoms with van der Waals surface area (Å²) < 4.78 is 23.3. The van der Waals surface area contributed by atoms with Crippen molar-refractivity contribution in [1.29, 1.82) is 0 Å². The van der Waals surface area contributed by atoms with Gasteiger partial charge in [0.15, 0.2) is 9.84 Å². The van der Waals surface area contributed by atoms with Gasteiger partial charge in [0.25, 0.3) is 0 Å². The second-order valence-electron chi connectivity index (χ2n) is 4.25. The van der Waals surface area contributed by atoms with E-state index in [2.05, 4.69) is 27.8 Å². The van der Waals surface area contributed by atoms with E-state index in [-0.39, 0.29) is 24.5 Å². The molecule has 0 aromatic rings. The summed E-state index contributed by atoms with van der Waals surface area (Å²) in [5.74, 6) is -1.40. The lowest BCUT2D eigenvalue weighted by atomic mass is 10.2. The van der Waals surface area contributed by atoms with Crippen LogP contribution in [0.1, 0.15) is 6.42 Å². The minimum absolute atomic E-state index is 0.0216. The standard InChI is InChI=1S/C10H15BrN2O5S/c1-7(11)4-12-10(16)13(5-9(14)15)8-2-3-19(17,18)6-8/h8H,1-6H2,(H,12,16)(H,14,15). The minimum Gasteiger partial charge on any atom is -0.480 e. The Morgan fingerprint density at radius 2 is 2.11 bits per heavy atom. The molecule has 0 aliphatic carbocycles. The van der Waals surface area contributed by atoms with Crippen LogP contribution < -0.4 is 5.32 Å². The summed E-state index contributed by atoms with van der Waals surface area (Å²) >= 11 is 3.06. The smallest absolute Gasteiger partial charge is 0.323 e. The van der Waals surface area contributed by atoms with Gasteiger partial charge in [-0.3, -0.25) is 4.79 Å². The van der Waals surface area contributed by atoms with Crippen LogP contribution in [0, 0.1) is 0 Å². The first-order valence-electron chi connectivity index (χ1n) is 5.51. The number of amides is 2. The van der Waals surface area contributed by atoms with Gasteiger partial charge in [0.05, 0.1) is 18.1 Å². The summed E-state index contributed by atoms with van der Waals surface area (Å²) in [5.41, 5.74) is 0. The van der Waals surface area contributed by atoms with Crippen molar-refractivity contribution in [2.24, 2.45) is 0 Å². The van der Waals surface area contributed by atoms with Crippen molar-refractivity contribution >= 4 is 37.8 Å². The number of hydrogen-bond donors (Lipinski definition) is 2. The predicted octanol–water partition coefficient (Wildman–Crippen LogP) is 0.178. The lowest BCUT2D eigenvalue weighted by Crippen LogP contribution is -2.49. The molecule has 1 atom stereocenters. The average Bonchev–Trinajstić information content (AvgIpc) is 2.62. The maximum atomic E-state index is 11.9. The summed E-state index contributed by atoms with van der Waals surface area (Å²) in [6.45, 7) is 3.16. The van der Waals surface area contributed by atoms with E-state index < -0.39 is 34.4 Å². The van der Waals surface area contributed by atoms with Crippen LogP contribution in [0.15, 0.2) is 11.1 Å². The number of carboxylic acids is 1. The zero-order valence-electron chi connectivity index (χ0n) is 10.1. The normalized spacial score (nSPS) is 20.8. The van der Waals surface area contributed by atoms with Crippen LogP contribution in [-0.2, 0) is 14.6 Å². The van der Waals surface area contributed by atoms with Crippen molar-refractivity contribution in [3.8, 4) is 0 Å². The number of nitrogens with one attached hydrogen (secondary N) is 1. The molecule has 0 aromatic heterocycles. The fourth-order valence-corrected chi connectivity index (χ4v) is 3.68. The Hall–Kier alpha value is -1.09. The third kappa shape index (κ3) is 5.19. The average molecular weight is 355 g/mol. The van der Waals surface area contributed by atoms with E-state index in [9.17, 15) is 18.0 Å². The highest BCUT2D eigenvalue weighted by Gasteiger charge is 2.35. The monoisotopic (exact) mass is 354 g/mol. The Balaban J connectivity index is 2.74. The minimum atomic E-state index is -3.18. The van der Waals surface area contributed by atoms with Crippen molar-refractivity contribution in [3.05, 3.63) is 11.1 Å². The number of urea groups is 1. The van der Waals surface area contributed by atoms with E-state index in [0.29, 0.717) is 4.48 Å². The number of halogens is 1. The molecule has 2 amide bonds. The van der Waals surface area contributed by atoms with Crippen molar-refractivity contribution in [2.75, 3.05) is 24.6 Å². The van der Waals surface area contributed by atoms with Gasteiger partial charge >= 0.3 is 12.0 Å². The molecule has 0 radical (unpaired) electrons. The van der Waals surface area contributed by atoms with Gasteiger partial charge in [-0.25, -0.2) is 13.2 Å². The summed E-state index contributed by atoms with van der Waals surface area (Å²) in [4.78, 5) is 23.7. The van der Waals surface area contributed by atoms with E-state index in [1.807, 2.05) is 0 Å². The Morgan fingerprint density at radius 1 is 1.47 bits per heavy atom.